The Morgan fingerprint density at radius 3 is 2.84 bits per heavy atom. The van der Waals surface area contributed by atoms with E-state index >= 15 is 0 Å². The predicted octanol–water partition coefficient (Wildman–Crippen LogP) is 0.594. The van der Waals surface area contributed by atoms with Gasteiger partial charge in [-0.1, -0.05) is 12.1 Å². The highest BCUT2D eigenvalue weighted by atomic mass is 32.1. The van der Waals surface area contributed by atoms with E-state index in [0.717, 1.165) is 6.07 Å². The van der Waals surface area contributed by atoms with Gasteiger partial charge in [-0.25, -0.2) is 4.39 Å². The molecule has 9 heteroatoms. The molecule has 2 rings (SSSR count). The van der Waals surface area contributed by atoms with Gasteiger partial charge >= 0.3 is 5.97 Å². The minimum Gasteiger partial charge on any atom is -0.466 e. The molecule has 0 radical (unpaired) electrons. The Bertz CT molecular complexity index is 698. The molecular formula is C16H18FN3O4S. The Morgan fingerprint density at radius 1 is 1.44 bits per heavy atom. The van der Waals surface area contributed by atoms with Crippen LogP contribution in [0.1, 0.15) is 23.7 Å². The summed E-state index contributed by atoms with van der Waals surface area (Å²) in [6, 6.07) is 4.59. The summed E-state index contributed by atoms with van der Waals surface area (Å²) in [6.45, 7) is 2.48. The maximum absolute atomic E-state index is 13.7. The first-order valence-corrected chi connectivity index (χ1v) is 8.14. The number of carbonyl (C=O) groups excluding carboxylic acids is 3. The summed E-state index contributed by atoms with van der Waals surface area (Å²) < 4.78 is 18.5. The van der Waals surface area contributed by atoms with Gasteiger partial charge in [-0.15, -0.1) is 0 Å². The standard InChI is InChI=1S/C16H18FN3O4S/c1-2-24-13(21)9-12-15(23)18-7-8-20(12)16(25)19-14(22)10-5-3-4-6-11(10)17/h3-6,12H,2,7-9H2,1H3,(H,18,23)(H,19,22,25). The molecule has 0 saturated carbocycles. The number of thiocarbonyl (C=S) groups is 1. The van der Waals surface area contributed by atoms with Gasteiger partial charge < -0.3 is 15.0 Å². The smallest absolute Gasteiger partial charge is 0.308 e. The quantitative estimate of drug-likeness (QED) is 0.598. The number of amides is 2. The normalized spacial score (nSPS) is 16.8. The average Bonchev–Trinajstić information content (AvgIpc) is 2.57. The van der Waals surface area contributed by atoms with Crippen LogP contribution in [0.15, 0.2) is 24.3 Å². The molecule has 0 aliphatic carbocycles. The van der Waals surface area contributed by atoms with Gasteiger partial charge in [-0.05, 0) is 31.3 Å². The molecule has 1 aromatic rings. The van der Waals surface area contributed by atoms with E-state index in [1.165, 1.54) is 23.1 Å². The van der Waals surface area contributed by atoms with Crippen molar-refractivity contribution in [1.29, 1.82) is 0 Å². The molecule has 0 bridgehead atoms. The molecule has 25 heavy (non-hydrogen) atoms. The second kappa shape index (κ2) is 8.52. The lowest BCUT2D eigenvalue weighted by Crippen LogP contribution is -2.60. The Hall–Kier alpha value is -2.55. The fourth-order valence-electron chi connectivity index (χ4n) is 2.42. The summed E-state index contributed by atoms with van der Waals surface area (Å²) in [5, 5.41) is 5.00. The number of piperazine rings is 1. The molecule has 0 spiro atoms. The minimum absolute atomic E-state index is 0.0441. The topological polar surface area (TPSA) is 87.7 Å². The zero-order valence-corrected chi connectivity index (χ0v) is 14.4. The lowest BCUT2D eigenvalue weighted by Gasteiger charge is -2.36. The summed E-state index contributed by atoms with van der Waals surface area (Å²) in [6.07, 6.45) is -0.199. The summed E-state index contributed by atoms with van der Waals surface area (Å²) in [7, 11) is 0. The highest BCUT2D eigenvalue weighted by Gasteiger charge is 2.34. The highest BCUT2D eigenvalue weighted by Crippen LogP contribution is 2.12. The van der Waals surface area contributed by atoms with Crippen molar-refractivity contribution >= 4 is 35.1 Å². The van der Waals surface area contributed by atoms with Crippen molar-refractivity contribution in [2.24, 2.45) is 0 Å². The van der Waals surface area contributed by atoms with Crippen LogP contribution < -0.4 is 10.6 Å². The van der Waals surface area contributed by atoms with Crippen LogP contribution in [0.3, 0.4) is 0 Å². The number of hydrogen-bond donors (Lipinski definition) is 2. The molecular weight excluding hydrogens is 349 g/mol. The van der Waals surface area contributed by atoms with Crippen molar-refractivity contribution in [3.05, 3.63) is 35.6 Å². The second-order valence-electron chi connectivity index (χ2n) is 5.25. The van der Waals surface area contributed by atoms with Crippen molar-refractivity contribution in [3.8, 4) is 0 Å². The fourth-order valence-corrected chi connectivity index (χ4v) is 2.73. The third-order valence-electron chi connectivity index (χ3n) is 3.60. The van der Waals surface area contributed by atoms with Crippen LogP contribution in [0, 0.1) is 5.82 Å². The SMILES string of the molecule is CCOC(=O)CC1C(=O)NCCN1C(=S)NC(=O)c1ccccc1F. The summed E-state index contributed by atoms with van der Waals surface area (Å²) in [5.74, 6) is -2.33. The summed E-state index contributed by atoms with van der Waals surface area (Å²) in [5.41, 5.74) is -0.159. The van der Waals surface area contributed by atoms with Crippen molar-refractivity contribution in [2.75, 3.05) is 19.7 Å². The zero-order chi connectivity index (χ0) is 18.4. The minimum atomic E-state index is -0.888. The Labute approximate surface area is 149 Å². The molecule has 134 valence electrons. The molecule has 2 amide bonds. The van der Waals surface area contributed by atoms with E-state index in [4.69, 9.17) is 17.0 Å². The van der Waals surface area contributed by atoms with Crippen LogP contribution >= 0.6 is 12.2 Å². The van der Waals surface area contributed by atoms with Gasteiger partial charge in [0.05, 0.1) is 18.6 Å². The maximum atomic E-state index is 13.7. The highest BCUT2D eigenvalue weighted by molar-refractivity contribution is 7.80. The number of carbonyl (C=O) groups is 3. The first-order chi connectivity index (χ1) is 11.9. The lowest BCUT2D eigenvalue weighted by molar-refractivity contribution is -0.147. The van der Waals surface area contributed by atoms with Gasteiger partial charge in [0.2, 0.25) is 5.91 Å². The van der Waals surface area contributed by atoms with Gasteiger partial charge in [0, 0.05) is 13.1 Å². The van der Waals surface area contributed by atoms with Gasteiger partial charge in [-0.2, -0.15) is 0 Å². The maximum Gasteiger partial charge on any atom is 0.308 e. The molecule has 7 nitrogen and oxygen atoms in total. The Balaban J connectivity index is 2.09. The van der Waals surface area contributed by atoms with Gasteiger partial charge in [-0.3, -0.25) is 19.7 Å². The van der Waals surface area contributed by atoms with E-state index in [2.05, 4.69) is 10.6 Å². The van der Waals surface area contributed by atoms with E-state index in [9.17, 15) is 18.8 Å². The number of hydrogen-bond acceptors (Lipinski definition) is 5. The molecule has 1 fully saturated rings. The molecule has 1 saturated heterocycles. The van der Waals surface area contributed by atoms with Gasteiger partial charge in [0.1, 0.15) is 11.9 Å². The molecule has 1 aliphatic rings. The molecule has 0 aromatic heterocycles. The predicted molar refractivity (Wildman–Crippen MR) is 91.2 cm³/mol. The molecule has 2 N–H and O–H groups in total. The number of halogens is 1. The van der Waals surface area contributed by atoms with E-state index < -0.39 is 23.7 Å². The van der Waals surface area contributed by atoms with Gasteiger partial charge in [0.25, 0.3) is 5.91 Å². The Morgan fingerprint density at radius 2 is 2.16 bits per heavy atom. The summed E-state index contributed by atoms with van der Waals surface area (Å²) in [4.78, 5) is 37.4. The number of benzene rings is 1. The van der Waals surface area contributed by atoms with Crippen LogP contribution in [0.2, 0.25) is 0 Å². The van der Waals surface area contributed by atoms with E-state index in [1.54, 1.807) is 6.92 Å². The van der Waals surface area contributed by atoms with Crippen molar-refractivity contribution < 1.29 is 23.5 Å². The molecule has 1 aromatic carbocycles. The zero-order valence-electron chi connectivity index (χ0n) is 13.6. The van der Waals surface area contributed by atoms with Crippen molar-refractivity contribution in [2.45, 2.75) is 19.4 Å². The molecule has 1 atom stereocenters. The number of rotatable bonds is 4. The number of nitrogens with zero attached hydrogens (tertiary/aromatic N) is 1. The first kappa shape index (κ1) is 18.8. The van der Waals surface area contributed by atoms with E-state index in [1.807, 2.05) is 0 Å². The number of esters is 1. The Kier molecular flexibility index (Phi) is 6.40. The van der Waals surface area contributed by atoms with Gasteiger partial charge in [0.15, 0.2) is 5.11 Å². The molecule has 1 heterocycles. The third-order valence-corrected chi connectivity index (χ3v) is 3.93. The van der Waals surface area contributed by atoms with Crippen LogP contribution in [0.4, 0.5) is 4.39 Å². The largest absolute Gasteiger partial charge is 0.466 e. The van der Waals surface area contributed by atoms with Crippen LogP contribution in [0.5, 0.6) is 0 Å². The second-order valence-corrected chi connectivity index (χ2v) is 5.64. The monoisotopic (exact) mass is 367 g/mol. The summed E-state index contributed by atoms with van der Waals surface area (Å²) >= 11 is 5.18. The molecule has 1 aliphatic heterocycles. The average molecular weight is 367 g/mol. The third kappa shape index (κ3) is 4.72. The molecule has 1 unspecified atom stereocenters. The van der Waals surface area contributed by atoms with Crippen LogP contribution in [-0.2, 0) is 14.3 Å². The van der Waals surface area contributed by atoms with E-state index in [0.29, 0.717) is 13.1 Å². The first-order valence-electron chi connectivity index (χ1n) is 7.73. The lowest BCUT2D eigenvalue weighted by atomic mass is 10.1. The number of nitrogens with one attached hydrogen (secondary N) is 2. The fraction of sp³-hybridized carbons (Fsp3) is 0.375. The number of ether oxygens (including phenoxy) is 1. The van der Waals surface area contributed by atoms with Crippen molar-refractivity contribution in [3.63, 3.8) is 0 Å². The van der Waals surface area contributed by atoms with E-state index in [-0.39, 0.29) is 29.6 Å². The van der Waals surface area contributed by atoms with Crippen LogP contribution in [-0.4, -0.2) is 53.5 Å². The van der Waals surface area contributed by atoms with Crippen molar-refractivity contribution in [1.82, 2.24) is 15.5 Å². The van der Waals surface area contributed by atoms with Crippen LogP contribution in [0.25, 0.3) is 0 Å².